The Bertz CT molecular complexity index is 579. The summed E-state index contributed by atoms with van der Waals surface area (Å²) in [5.41, 5.74) is 2.49. The minimum absolute atomic E-state index is 0.0919. The highest BCUT2D eigenvalue weighted by atomic mass is 16.5. The van der Waals surface area contributed by atoms with E-state index < -0.39 is 0 Å². The van der Waals surface area contributed by atoms with Gasteiger partial charge in [0, 0.05) is 19.3 Å². The Hall–Kier alpha value is -2.49. The van der Waals surface area contributed by atoms with Crippen molar-refractivity contribution in [2.45, 2.75) is 6.54 Å². The Morgan fingerprint density at radius 2 is 1.80 bits per heavy atom. The number of ether oxygens (including phenoxy) is 1. The molecular weight excluding hydrogens is 252 g/mol. The van der Waals surface area contributed by atoms with Crippen LogP contribution in [0.4, 0.5) is 5.69 Å². The molecular formula is C16H18N2O2. The minimum atomic E-state index is -0.0919. The lowest BCUT2D eigenvalue weighted by atomic mass is 10.1. The van der Waals surface area contributed by atoms with Gasteiger partial charge in [0.15, 0.2) is 0 Å². The molecule has 0 saturated heterocycles. The van der Waals surface area contributed by atoms with Crippen molar-refractivity contribution in [3.63, 3.8) is 0 Å². The molecule has 2 aromatic carbocycles. The second kappa shape index (κ2) is 6.61. The average Bonchev–Trinajstić information content (AvgIpc) is 2.53. The van der Waals surface area contributed by atoms with E-state index in [-0.39, 0.29) is 5.91 Å². The van der Waals surface area contributed by atoms with Crippen molar-refractivity contribution in [2.75, 3.05) is 19.5 Å². The first-order chi connectivity index (χ1) is 9.74. The molecule has 0 aromatic heterocycles. The lowest BCUT2D eigenvalue weighted by Gasteiger charge is -2.10. The van der Waals surface area contributed by atoms with Gasteiger partial charge in [0.05, 0.1) is 12.7 Å². The highest BCUT2D eigenvalue weighted by Crippen LogP contribution is 2.15. The summed E-state index contributed by atoms with van der Waals surface area (Å²) < 4.78 is 5.10. The fourth-order valence-electron chi connectivity index (χ4n) is 1.92. The molecule has 0 bridgehead atoms. The number of benzene rings is 2. The molecule has 0 aliphatic rings. The van der Waals surface area contributed by atoms with E-state index in [0.717, 1.165) is 17.0 Å². The van der Waals surface area contributed by atoms with E-state index in [1.54, 1.807) is 20.2 Å². The smallest absolute Gasteiger partial charge is 0.253 e. The first-order valence-electron chi connectivity index (χ1n) is 6.42. The van der Waals surface area contributed by atoms with E-state index in [1.165, 1.54) is 0 Å². The molecule has 0 saturated carbocycles. The van der Waals surface area contributed by atoms with Gasteiger partial charge in [0.1, 0.15) is 5.75 Å². The Morgan fingerprint density at radius 1 is 1.10 bits per heavy atom. The number of amides is 1. The molecule has 4 heteroatoms. The SMILES string of the molecule is CNc1ccccc1C(=O)NCc1ccc(OC)cc1. The van der Waals surface area contributed by atoms with Crippen LogP contribution in [-0.4, -0.2) is 20.1 Å². The second-order valence-corrected chi connectivity index (χ2v) is 4.33. The summed E-state index contributed by atoms with van der Waals surface area (Å²) in [5.74, 6) is 0.714. The second-order valence-electron chi connectivity index (χ2n) is 4.33. The van der Waals surface area contributed by atoms with Gasteiger partial charge in [-0.05, 0) is 29.8 Å². The molecule has 0 aliphatic heterocycles. The van der Waals surface area contributed by atoms with Crippen LogP contribution < -0.4 is 15.4 Å². The molecule has 104 valence electrons. The number of nitrogens with one attached hydrogen (secondary N) is 2. The summed E-state index contributed by atoms with van der Waals surface area (Å²) >= 11 is 0. The van der Waals surface area contributed by atoms with Crippen LogP contribution in [0.3, 0.4) is 0 Å². The number of methoxy groups -OCH3 is 1. The molecule has 2 aromatic rings. The molecule has 0 atom stereocenters. The van der Waals surface area contributed by atoms with Gasteiger partial charge in [-0.25, -0.2) is 0 Å². The van der Waals surface area contributed by atoms with Gasteiger partial charge in [-0.2, -0.15) is 0 Å². The van der Waals surface area contributed by atoms with Crippen molar-refractivity contribution in [1.29, 1.82) is 0 Å². The van der Waals surface area contributed by atoms with Gasteiger partial charge in [0.25, 0.3) is 5.91 Å². The summed E-state index contributed by atoms with van der Waals surface area (Å²) in [6, 6.07) is 15.0. The van der Waals surface area contributed by atoms with Crippen LogP contribution in [0.2, 0.25) is 0 Å². The van der Waals surface area contributed by atoms with E-state index in [4.69, 9.17) is 4.74 Å². The van der Waals surface area contributed by atoms with Crippen molar-refractivity contribution in [3.8, 4) is 5.75 Å². The highest BCUT2D eigenvalue weighted by Gasteiger charge is 2.09. The minimum Gasteiger partial charge on any atom is -0.497 e. The van der Waals surface area contributed by atoms with Crippen LogP contribution in [0.25, 0.3) is 0 Å². The summed E-state index contributed by atoms with van der Waals surface area (Å²) in [6.07, 6.45) is 0. The number of anilines is 1. The standard InChI is InChI=1S/C16H18N2O2/c1-17-15-6-4-3-5-14(15)16(19)18-11-12-7-9-13(20-2)10-8-12/h3-10,17H,11H2,1-2H3,(H,18,19). The zero-order chi connectivity index (χ0) is 14.4. The Kier molecular flexibility index (Phi) is 4.60. The van der Waals surface area contributed by atoms with Crippen LogP contribution in [0.5, 0.6) is 5.75 Å². The molecule has 2 N–H and O–H groups in total. The van der Waals surface area contributed by atoms with E-state index in [1.807, 2.05) is 42.5 Å². The Labute approximate surface area is 118 Å². The fraction of sp³-hybridized carbons (Fsp3) is 0.188. The monoisotopic (exact) mass is 270 g/mol. The lowest BCUT2D eigenvalue weighted by molar-refractivity contribution is 0.0951. The van der Waals surface area contributed by atoms with Crippen molar-refractivity contribution < 1.29 is 9.53 Å². The summed E-state index contributed by atoms with van der Waals surface area (Å²) in [7, 11) is 3.43. The average molecular weight is 270 g/mol. The third-order valence-electron chi connectivity index (χ3n) is 3.05. The number of carbonyl (C=O) groups excluding carboxylic acids is 1. The highest BCUT2D eigenvalue weighted by molar-refractivity contribution is 5.99. The third-order valence-corrected chi connectivity index (χ3v) is 3.05. The summed E-state index contributed by atoms with van der Waals surface area (Å²) in [6.45, 7) is 0.487. The topological polar surface area (TPSA) is 50.4 Å². The number of hydrogen-bond acceptors (Lipinski definition) is 3. The fourth-order valence-corrected chi connectivity index (χ4v) is 1.92. The molecule has 0 unspecified atom stereocenters. The van der Waals surface area contributed by atoms with E-state index in [2.05, 4.69) is 10.6 Å². The molecule has 0 radical (unpaired) electrons. The van der Waals surface area contributed by atoms with Gasteiger partial charge in [-0.15, -0.1) is 0 Å². The molecule has 1 amide bonds. The van der Waals surface area contributed by atoms with Gasteiger partial charge >= 0.3 is 0 Å². The van der Waals surface area contributed by atoms with E-state index >= 15 is 0 Å². The van der Waals surface area contributed by atoms with Crippen LogP contribution in [0.15, 0.2) is 48.5 Å². The van der Waals surface area contributed by atoms with Crippen LogP contribution in [0.1, 0.15) is 15.9 Å². The molecule has 0 aliphatic carbocycles. The Morgan fingerprint density at radius 3 is 2.45 bits per heavy atom. The van der Waals surface area contributed by atoms with Crippen LogP contribution in [-0.2, 0) is 6.54 Å². The third kappa shape index (κ3) is 3.29. The quantitative estimate of drug-likeness (QED) is 0.878. The number of carbonyl (C=O) groups is 1. The van der Waals surface area contributed by atoms with Crippen LogP contribution in [0, 0.1) is 0 Å². The maximum Gasteiger partial charge on any atom is 0.253 e. The first-order valence-corrected chi connectivity index (χ1v) is 6.42. The van der Waals surface area contributed by atoms with Gasteiger partial charge in [0.2, 0.25) is 0 Å². The zero-order valence-electron chi connectivity index (χ0n) is 11.6. The van der Waals surface area contributed by atoms with E-state index in [0.29, 0.717) is 12.1 Å². The first kappa shape index (κ1) is 13.9. The molecule has 0 heterocycles. The predicted molar refractivity (Wildman–Crippen MR) is 80.2 cm³/mol. The molecule has 20 heavy (non-hydrogen) atoms. The number of rotatable bonds is 5. The zero-order valence-corrected chi connectivity index (χ0v) is 11.6. The molecule has 4 nitrogen and oxygen atoms in total. The van der Waals surface area contributed by atoms with Gasteiger partial charge < -0.3 is 15.4 Å². The van der Waals surface area contributed by atoms with Crippen molar-refractivity contribution in [1.82, 2.24) is 5.32 Å². The van der Waals surface area contributed by atoms with Crippen LogP contribution >= 0.6 is 0 Å². The maximum absolute atomic E-state index is 12.1. The molecule has 2 rings (SSSR count). The van der Waals surface area contributed by atoms with Gasteiger partial charge in [-0.3, -0.25) is 4.79 Å². The lowest BCUT2D eigenvalue weighted by Crippen LogP contribution is -2.23. The largest absolute Gasteiger partial charge is 0.497 e. The molecule has 0 spiro atoms. The maximum atomic E-state index is 12.1. The van der Waals surface area contributed by atoms with Crippen molar-refractivity contribution in [2.24, 2.45) is 0 Å². The number of hydrogen-bond donors (Lipinski definition) is 2. The Balaban J connectivity index is 2.01. The number of para-hydroxylation sites is 1. The van der Waals surface area contributed by atoms with Crippen molar-refractivity contribution in [3.05, 3.63) is 59.7 Å². The predicted octanol–water partition coefficient (Wildman–Crippen LogP) is 2.67. The van der Waals surface area contributed by atoms with E-state index in [9.17, 15) is 4.79 Å². The van der Waals surface area contributed by atoms with Crippen molar-refractivity contribution >= 4 is 11.6 Å². The normalized spacial score (nSPS) is 9.90. The van der Waals surface area contributed by atoms with Gasteiger partial charge in [-0.1, -0.05) is 24.3 Å². The summed E-state index contributed by atoms with van der Waals surface area (Å²) in [4.78, 5) is 12.1. The summed E-state index contributed by atoms with van der Waals surface area (Å²) in [5, 5.41) is 5.92. The molecule has 0 fully saturated rings.